The van der Waals surface area contributed by atoms with E-state index in [0.717, 1.165) is 21.8 Å². The third kappa shape index (κ3) is 7.46. The van der Waals surface area contributed by atoms with Crippen molar-refractivity contribution in [2.45, 2.75) is 19.6 Å². The van der Waals surface area contributed by atoms with E-state index in [1.807, 2.05) is 18.2 Å². The van der Waals surface area contributed by atoms with E-state index in [2.05, 4.69) is 9.80 Å². The highest BCUT2D eigenvalue weighted by Gasteiger charge is 2.25. The smallest absolute Gasteiger partial charge is 0.273 e. The second kappa shape index (κ2) is 13.6. The van der Waals surface area contributed by atoms with Crippen LogP contribution >= 0.6 is 11.3 Å². The maximum absolute atomic E-state index is 13.6. The van der Waals surface area contributed by atoms with Gasteiger partial charge in [0, 0.05) is 74.1 Å². The van der Waals surface area contributed by atoms with Crippen molar-refractivity contribution in [3.05, 3.63) is 110 Å². The molecular weight excluding hydrogens is 573 g/mol. The molecule has 43 heavy (non-hydrogen) atoms. The Hall–Kier alpha value is -4.55. The number of aromatic nitrogens is 1. The van der Waals surface area contributed by atoms with Crippen molar-refractivity contribution >= 4 is 28.6 Å². The summed E-state index contributed by atoms with van der Waals surface area (Å²) in [6.07, 6.45) is 0. The van der Waals surface area contributed by atoms with E-state index < -0.39 is 4.92 Å². The molecule has 0 bridgehead atoms. The molecule has 0 saturated carbocycles. The van der Waals surface area contributed by atoms with Crippen molar-refractivity contribution in [2.24, 2.45) is 0 Å². The quantitative estimate of drug-likeness (QED) is 0.166. The highest BCUT2D eigenvalue weighted by molar-refractivity contribution is 7.09. The van der Waals surface area contributed by atoms with Gasteiger partial charge in [-0.2, -0.15) is 0 Å². The number of nitrogens with zero attached hydrogens (tertiary/aromatic N) is 5. The summed E-state index contributed by atoms with van der Waals surface area (Å²) < 4.78 is 24.5. The molecule has 0 radical (unpaired) electrons. The molecule has 1 aromatic heterocycles. The molecule has 1 aliphatic heterocycles. The molecule has 10 nitrogen and oxygen atoms in total. The predicted molar refractivity (Wildman–Crippen MR) is 162 cm³/mol. The molecule has 1 amide bonds. The third-order valence-electron chi connectivity index (χ3n) is 7.33. The summed E-state index contributed by atoms with van der Waals surface area (Å²) in [6.45, 7) is 3.86. The van der Waals surface area contributed by atoms with Gasteiger partial charge in [0.1, 0.15) is 28.0 Å². The lowest BCUT2D eigenvalue weighted by atomic mass is 10.1. The highest BCUT2D eigenvalue weighted by atomic mass is 32.1. The Kier molecular flexibility index (Phi) is 9.48. The summed E-state index contributed by atoms with van der Waals surface area (Å²) in [5.74, 6) is 0.991. The summed E-state index contributed by atoms with van der Waals surface area (Å²) >= 11 is 1.43. The molecule has 0 atom stereocenters. The van der Waals surface area contributed by atoms with Crippen molar-refractivity contribution in [3.8, 4) is 11.5 Å². The number of ether oxygens (including phenoxy) is 2. The zero-order valence-corrected chi connectivity index (χ0v) is 24.8. The molecule has 224 valence electrons. The second-order valence-corrected chi connectivity index (χ2v) is 11.1. The van der Waals surface area contributed by atoms with E-state index in [9.17, 15) is 19.3 Å². The molecule has 0 aliphatic carbocycles. The number of thiazole rings is 1. The van der Waals surface area contributed by atoms with Gasteiger partial charge in [-0.3, -0.25) is 19.8 Å². The molecule has 0 unspecified atom stereocenters. The van der Waals surface area contributed by atoms with Gasteiger partial charge in [0.15, 0.2) is 0 Å². The number of hydrogen-bond acceptors (Lipinski definition) is 9. The van der Waals surface area contributed by atoms with E-state index in [1.165, 1.54) is 35.6 Å². The number of piperazine rings is 1. The summed E-state index contributed by atoms with van der Waals surface area (Å²) in [5, 5.41) is 13.5. The number of non-ortho nitro benzene ring substituents is 1. The average Bonchev–Trinajstić information content (AvgIpc) is 3.50. The molecule has 4 aromatic rings. The van der Waals surface area contributed by atoms with Crippen molar-refractivity contribution in [2.75, 3.05) is 45.3 Å². The largest absolute Gasteiger partial charge is 0.497 e. The van der Waals surface area contributed by atoms with Crippen LogP contribution in [0.3, 0.4) is 0 Å². The van der Waals surface area contributed by atoms with Crippen LogP contribution in [0.4, 0.5) is 15.8 Å². The van der Waals surface area contributed by atoms with Gasteiger partial charge in [-0.1, -0.05) is 18.2 Å². The predicted octanol–water partition coefficient (Wildman–Crippen LogP) is 5.37. The van der Waals surface area contributed by atoms with Gasteiger partial charge in [-0.25, -0.2) is 9.37 Å². The lowest BCUT2D eigenvalue weighted by Crippen LogP contribution is -2.48. The number of rotatable bonds is 11. The number of nitro benzene ring substituents is 1. The number of halogens is 1. The maximum atomic E-state index is 13.6. The van der Waals surface area contributed by atoms with Gasteiger partial charge < -0.3 is 19.3 Å². The Morgan fingerprint density at radius 1 is 0.977 bits per heavy atom. The standard InChI is InChI=1S/C31H32FN5O5S/c1-41-27-12-5-23(29(17-27)42-2)19-34(18-22-3-6-24(32)7-4-22)20-30-33-28(21-43-30)31(38)36-15-13-35(14-16-36)25-8-10-26(11-9-25)37(39)40/h3-12,17,21H,13-16,18-20H2,1-2H3. The average molecular weight is 606 g/mol. The van der Waals surface area contributed by atoms with Gasteiger partial charge in [-0.05, 0) is 35.9 Å². The summed E-state index contributed by atoms with van der Waals surface area (Å²) in [6, 6.07) is 18.6. The third-order valence-corrected chi connectivity index (χ3v) is 8.16. The summed E-state index contributed by atoms with van der Waals surface area (Å²) in [5.41, 5.74) is 3.27. The van der Waals surface area contributed by atoms with Gasteiger partial charge in [0.05, 0.1) is 25.7 Å². The van der Waals surface area contributed by atoms with E-state index in [-0.39, 0.29) is 17.4 Å². The second-order valence-electron chi connectivity index (χ2n) is 10.1. The monoisotopic (exact) mass is 605 g/mol. The topological polar surface area (TPSA) is 101 Å². The van der Waals surface area contributed by atoms with Gasteiger partial charge in [-0.15, -0.1) is 11.3 Å². The minimum absolute atomic E-state index is 0.0521. The van der Waals surface area contributed by atoms with Crippen LogP contribution in [-0.4, -0.2) is 66.0 Å². The molecule has 12 heteroatoms. The Morgan fingerprint density at radius 2 is 1.70 bits per heavy atom. The fourth-order valence-corrected chi connectivity index (χ4v) is 5.84. The van der Waals surface area contributed by atoms with Gasteiger partial charge >= 0.3 is 0 Å². The van der Waals surface area contributed by atoms with Crippen LogP contribution in [0.25, 0.3) is 0 Å². The minimum atomic E-state index is -0.416. The molecule has 2 heterocycles. The maximum Gasteiger partial charge on any atom is 0.273 e. The highest BCUT2D eigenvalue weighted by Crippen LogP contribution is 2.28. The number of hydrogen-bond donors (Lipinski definition) is 0. The van der Waals surface area contributed by atoms with Crippen LogP contribution in [0.5, 0.6) is 11.5 Å². The van der Waals surface area contributed by atoms with Crippen molar-refractivity contribution in [1.29, 1.82) is 0 Å². The Morgan fingerprint density at radius 3 is 2.35 bits per heavy atom. The fourth-order valence-electron chi connectivity index (χ4n) is 5.03. The van der Waals surface area contributed by atoms with E-state index in [0.29, 0.717) is 63.0 Å². The minimum Gasteiger partial charge on any atom is -0.497 e. The van der Waals surface area contributed by atoms with Crippen LogP contribution in [0.1, 0.15) is 26.6 Å². The van der Waals surface area contributed by atoms with Crippen LogP contribution in [-0.2, 0) is 19.6 Å². The first-order chi connectivity index (χ1) is 20.8. The van der Waals surface area contributed by atoms with Gasteiger partial charge in [0.2, 0.25) is 0 Å². The molecule has 5 rings (SSSR count). The van der Waals surface area contributed by atoms with Crippen LogP contribution < -0.4 is 14.4 Å². The number of carbonyl (C=O) groups is 1. The lowest BCUT2D eigenvalue weighted by molar-refractivity contribution is -0.384. The molecule has 0 spiro atoms. The van der Waals surface area contributed by atoms with E-state index >= 15 is 0 Å². The van der Waals surface area contributed by atoms with Crippen LogP contribution in [0.15, 0.2) is 72.1 Å². The first-order valence-corrected chi connectivity index (χ1v) is 14.6. The number of carbonyl (C=O) groups excluding carboxylic acids is 1. The fraction of sp³-hybridized carbons (Fsp3) is 0.290. The van der Waals surface area contributed by atoms with Crippen molar-refractivity contribution in [3.63, 3.8) is 0 Å². The number of anilines is 1. The van der Waals surface area contributed by atoms with Gasteiger partial charge in [0.25, 0.3) is 11.6 Å². The van der Waals surface area contributed by atoms with E-state index in [4.69, 9.17) is 14.5 Å². The zero-order chi connectivity index (χ0) is 30.3. The summed E-state index contributed by atoms with van der Waals surface area (Å²) in [7, 11) is 3.22. The Bertz CT molecular complexity index is 1560. The first kappa shape index (κ1) is 29.9. The van der Waals surface area contributed by atoms with Crippen molar-refractivity contribution in [1.82, 2.24) is 14.8 Å². The van der Waals surface area contributed by atoms with E-state index in [1.54, 1.807) is 48.8 Å². The Balaban J connectivity index is 1.25. The summed E-state index contributed by atoms with van der Waals surface area (Å²) in [4.78, 5) is 34.6. The number of nitro groups is 1. The first-order valence-electron chi connectivity index (χ1n) is 13.7. The number of amides is 1. The molecule has 1 saturated heterocycles. The van der Waals surface area contributed by atoms with Crippen LogP contribution in [0, 0.1) is 15.9 Å². The molecular formula is C31H32FN5O5S. The molecule has 0 N–H and O–H groups in total. The Labute approximate surface area is 253 Å². The molecule has 3 aromatic carbocycles. The SMILES string of the molecule is COc1ccc(CN(Cc2ccc(F)cc2)Cc2nc(C(=O)N3CCN(c4ccc([N+](=O)[O-])cc4)CC3)cs2)c(OC)c1. The normalized spacial score (nSPS) is 13.3. The lowest BCUT2D eigenvalue weighted by Gasteiger charge is -2.35. The number of methoxy groups -OCH3 is 2. The number of benzene rings is 3. The molecule has 1 fully saturated rings. The van der Waals surface area contributed by atoms with Crippen molar-refractivity contribution < 1.29 is 23.6 Å². The zero-order valence-electron chi connectivity index (χ0n) is 23.9. The van der Waals surface area contributed by atoms with Crippen LogP contribution in [0.2, 0.25) is 0 Å². The molecule has 1 aliphatic rings.